The highest BCUT2D eigenvalue weighted by Crippen LogP contribution is 2.26. The summed E-state index contributed by atoms with van der Waals surface area (Å²) in [5.41, 5.74) is 0.675. The zero-order chi connectivity index (χ0) is 16.3. The van der Waals surface area contributed by atoms with Gasteiger partial charge in [0.1, 0.15) is 4.88 Å². The number of thiophene rings is 1. The van der Waals surface area contributed by atoms with Crippen LogP contribution < -0.4 is 4.72 Å². The maximum absolute atomic E-state index is 12.2. The molecular weight excluding hydrogens is 369 g/mol. The van der Waals surface area contributed by atoms with Gasteiger partial charge in [-0.25, -0.2) is 13.2 Å². The number of sulfonamides is 1. The van der Waals surface area contributed by atoms with Crippen molar-refractivity contribution in [2.24, 2.45) is 0 Å². The molecule has 0 aliphatic carbocycles. The van der Waals surface area contributed by atoms with Crippen LogP contribution in [0.1, 0.15) is 15.2 Å². The summed E-state index contributed by atoms with van der Waals surface area (Å²) in [4.78, 5) is 11.7. The Labute approximate surface area is 141 Å². The van der Waals surface area contributed by atoms with E-state index in [-0.39, 0.29) is 21.3 Å². The molecule has 0 aliphatic rings. The molecule has 0 bridgehead atoms. The first kappa shape index (κ1) is 17.1. The quantitative estimate of drug-likeness (QED) is 0.802. The van der Waals surface area contributed by atoms with E-state index in [1.54, 1.807) is 11.4 Å². The first-order valence-electron chi connectivity index (χ1n) is 5.92. The summed E-state index contributed by atoms with van der Waals surface area (Å²) in [6.07, 6.45) is 0. The van der Waals surface area contributed by atoms with Gasteiger partial charge in [0.25, 0.3) is 0 Å². The standard InChI is InChI=1S/C13H11Cl2NO4S2/c1-20-13(17)12-11(4-5-21-12)16-22(18,19)7-8-2-3-9(14)10(15)6-8/h2-6,16H,7H2,1H3. The molecule has 5 nitrogen and oxygen atoms in total. The largest absolute Gasteiger partial charge is 0.465 e. The maximum atomic E-state index is 12.2. The van der Waals surface area contributed by atoms with Gasteiger partial charge in [0.15, 0.2) is 0 Å². The van der Waals surface area contributed by atoms with Gasteiger partial charge in [-0.3, -0.25) is 4.72 Å². The normalized spacial score (nSPS) is 11.2. The van der Waals surface area contributed by atoms with Gasteiger partial charge >= 0.3 is 5.97 Å². The number of esters is 1. The minimum atomic E-state index is -3.70. The van der Waals surface area contributed by atoms with Crippen LogP contribution in [0.3, 0.4) is 0 Å². The Morgan fingerprint density at radius 3 is 2.64 bits per heavy atom. The van der Waals surface area contributed by atoms with Crippen molar-refractivity contribution in [3.8, 4) is 0 Å². The van der Waals surface area contributed by atoms with Crippen molar-refractivity contribution in [3.63, 3.8) is 0 Å². The summed E-state index contributed by atoms with van der Waals surface area (Å²) >= 11 is 12.7. The second-order valence-corrected chi connectivity index (χ2v) is 7.72. The van der Waals surface area contributed by atoms with Gasteiger partial charge in [0.05, 0.1) is 28.6 Å². The van der Waals surface area contributed by atoms with Gasteiger partial charge in [0, 0.05) is 0 Å². The average molecular weight is 380 g/mol. The number of rotatable bonds is 5. The Morgan fingerprint density at radius 1 is 1.27 bits per heavy atom. The Bertz CT molecular complexity index is 802. The highest BCUT2D eigenvalue weighted by atomic mass is 35.5. The SMILES string of the molecule is COC(=O)c1sccc1NS(=O)(=O)Cc1ccc(Cl)c(Cl)c1. The lowest BCUT2D eigenvalue weighted by Gasteiger charge is -2.09. The Kier molecular flexibility index (Phi) is 5.33. The predicted molar refractivity (Wildman–Crippen MR) is 88.4 cm³/mol. The van der Waals surface area contributed by atoms with E-state index in [0.29, 0.717) is 10.6 Å². The monoisotopic (exact) mass is 379 g/mol. The Hall–Kier alpha value is -1.28. The molecule has 1 heterocycles. The number of hydrogen-bond acceptors (Lipinski definition) is 5. The third-order valence-corrected chi connectivity index (χ3v) is 5.52. The van der Waals surface area contributed by atoms with E-state index in [1.165, 1.54) is 25.3 Å². The molecule has 0 spiro atoms. The van der Waals surface area contributed by atoms with Crippen molar-refractivity contribution in [2.45, 2.75) is 5.75 Å². The van der Waals surface area contributed by atoms with Gasteiger partial charge in [0.2, 0.25) is 10.0 Å². The van der Waals surface area contributed by atoms with Crippen LogP contribution in [0.4, 0.5) is 5.69 Å². The lowest BCUT2D eigenvalue weighted by atomic mass is 10.2. The molecule has 118 valence electrons. The van der Waals surface area contributed by atoms with Crippen molar-refractivity contribution in [1.29, 1.82) is 0 Å². The van der Waals surface area contributed by atoms with Crippen molar-refractivity contribution in [2.75, 3.05) is 11.8 Å². The van der Waals surface area contributed by atoms with E-state index in [4.69, 9.17) is 23.2 Å². The van der Waals surface area contributed by atoms with Crippen LogP contribution in [0.2, 0.25) is 10.0 Å². The number of carbonyl (C=O) groups excluding carboxylic acids is 1. The summed E-state index contributed by atoms with van der Waals surface area (Å²) in [6, 6.07) is 6.09. The van der Waals surface area contributed by atoms with Gasteiger partial charge in [-0.1, -0.05) is 29.3 Å². The molecule has 0 radical (unpaired) electrons. The molecule has 2 rings (SSSR count). The number of nitrogens with one attached hydrogen (secondary N) is 1. The fraction of sp³-hybridized carbons (Fsp3) is 0.154. The number of carbonyl (C=O) groups is 1. The van der Waals surface area contributed by atoms with Gasteiger partial charge < -0.3 is 4.74 Å². The number of halogens is 2. The molecule has 0 amide bonds. The van der Waals surface area contributed by atoms with E-state index < -0.39 is 16.0 Å². The first-order chi connectivity index (χ1) is 10.3. The van der Waals surface area contributed by atoms with E-state index >= 15 is 0 Å². The van der Waals surface area contributed by atoms with Crippen molar-refractivity contribution in [3.05, 3.63) is 50.1 Å². The molecule has 0 fully saturated rings. The fourth-order valence-corrected chi connectivity index (χ4v) is 4.04. The summed E-state index contributed by atoms with van der Waals surface area (Å²) in [6.45, 7) is 0. The van der Waals surface area contributed by atoms with E-state index in [1.807, 2.05) is 0 Å². The number of anilines is 1. The molecule has 1 aromatic heterocycles. The second kappa shape index (κ2) is 6.87. The van der Waals surface area contributed by atoms with E-state index in [9.17, 15) is 13.2 Å². The maximum Gasteiger partial charge on any atom is 0.350 e. The van der Waals surface area contributed by atoms with Gasteiger partial charge in [-0.2, -0.15) is 0 Å². The Balaban J connectivity index is 2.19. The van der Waals surface area contributed by atoms with Crippen molar-refractivity contribution >= 4 is 56.2 Å². The summed E-state index contributed by atoms with van der Waals surface area (Å²) in [7, 11) is -2.47. The summed E-state index contributed by atoms with van der Waals surface area (Å²) in [5.74, 6) is -0.886. The highest BCUT2D eigenvalue weighted by molar-refractivity contribution is 7.91. The number of methoxy groups -OCH3 is 1. The van der Waals surface area contributed by atoms with E-state index in [0.717, 1.165) is 11.3 Å². The van der Waals surface area contributed by atoms with Crippen LogP contribution in [0.15, 0.2) is 29.6 Å². The lowest BCUT2D eigenvalue weighted by molar-refractivity contribution is 0.0607. The van der Waals surface area contributed by atoms with Crippen LogP contribution in [-0.2, 0) is 20.5 Å². The van der Waals surface area contributed by atoms with Crippen LogP contribution >= 0.6 is 34.5 Å². The Morgan fingerprint density at radius 2 is 2.00 bits per heavy atom. The molecule has 0 saturated carbocycles. The van der Waals surface area contributed by atoms with Crippen LogP contribution in [0.25, 0.3) is 0 Å². The third-order valence-electron chi connectivity index (χ3n) is 2.64. The van der Waals surface area contributed by atoms with Crippen LogP contribution in [-0.4, -0.2) is 21.5 Å². The molecular formula is C13H11Cl2NO4S2. The molecule has 1 aromatic carbocycles. The molecule has 0 saturated heterocycles. The number of benzene rings is 1. The zero-order valence-corrected chi connectivity index (χ0v) is 14.4. The first-order valence-corrected chi connectivity index (χ1v) is 9.21. The smallest absolute Gasteiger partial charge is 0.350 e. The van der Waals surface area contributed by atoms with Crippen molar-refractivity contribution in [1.82, 2.24) is 0 Å². The average Bonchev–Trinajstić information content (AvgIpc) is 2.89. The molecule has 1 N–H and O–H groups in total. The molecule has 2 aromatic rings. The minimum absolute atomic E-state index is 0.192. The van der Waals surface area contributed by atoms with Gasteiger partial charge in [-0.15, -0.1) is 11.3 Å². The topological polar surface area (TPSA) is 72.5 Å². The van der Waals surface area contributed by atoms with Crippen LogP contribution in [0, 0.1) is 0 Å². The predicted octanol–water partition coefficient (Wildman–Crippen LogP) is 3.78. The molecule has 0 atom stereocenters. The molecule has 0 unspecified atom stereocenters. The third kappa shape index (κ3) is 4.13. The fourth-order valence-electron chi connectivity index (χ4n) is 1.69. The summed E-state index contributed by atoms with van der Waals surface area (Å²) in [5, 5.41) is 2.23. The van der Waals surface area contributed by atoms with Gasteiger partial charge in [-0.05, 0) is 29.1 Å². The highest BCUT2D eigenvalue weighted by Gasteiger charge is 2.19. The number of ether oxygens (including phenoxy) is 1. The van der Waals surface area contributed by atoms with E-state index in [2.05, 4.69) is 9.46 Å². The zero-order valence-electron chi connectivity index (χ0n) is 11.3. The second-order valence-electron chi connectivity index (χ2n) is 4.26. The molecule has 9 heteroatoms. The number of hydrogen-bond donors (Lipinski definition) is 1. The molecule has 22 heavy (non-hydrogen) atoms. The van der Waals surface area contributed by atoms with Crippen molar-refractivity contribution < 1.29 is 17.9 Å². The lowest BCUT2D eigenvalue weighted by Crippen LogP contribution is -2.16. The van der Waals surface area contributed by atoms with Crippen LogP contribution in [0.5, 0.6) is 0 Å². The minimum Gasteiger partial charge on any atom is -0.465 e. The molecule has 0 aliphatic heterocycles. The summed E-state index contributed by atoms with van der Waals surface area (Å²) < 4.78 is 31.4.